The molecule has 0 unspecified atom stereocenters. The van der Waals surface area contributed by atoms with Crippen LogP contribution in [0.25, 0.3) is 33.2 Å². The average molecular weight is 447 g/mol. The van der Waals surface area contributed by atoms with Gasteiger partial charge in [0.05, 0.1) is 10.4 Å². The van der Waals surface area contributed by atoms with E-state index in [0.29, 0.717) is 39.1 Å². The predicted octanol–water partition coefficient (Wildman–Crippen LogP) is 4.73. The molecule has 0 bridgehead atoms. The molecule has 4 aromatic rings. The van der Waals surface area contributed by atoms with Crippen LogP contribution in [0, 0.1) is 0 Å². The van der Waals surface area contributed by atoms with Gasteiger partial charge in [0.25, 0.3) is 0 Å². The Balaban J connectivity index is 1.54. The summed E-state index contributed by atoms with van der Waals surface area (Å²) in [4.78, 5) is 24.8. The molecule has 2 aliphatic rings. The van der Waals surface area contributed by atoms with Crippen LogP contribution in [0.15, 0.2) is 51.9 Å². The second-order valence-electron chi connectivity index (χ2n) is 8.79. The molecule has 0 spiro atoms. The fraction of sp³-hybridized carbons (Fsp3) is 0.320. The van der Waals surface area contributed by atoms with Gasteiger partial charge in [-0.2, -0.15) is 0 Å². The Hall–Kier alpha value is -2.96. The van der Waals surface area contributed by atoms with Gasteiger partial charge in [0.1, 0.15) is 11.4 Å². The molecular formula is C25H23ClN4O2. The number of benzene rings is 1. The third kappa shape index (κ3) is 3.26. The molecule has 0 radical (unpaired) electrons. The lowest BCUT2D eigenvalue weighted by Gasteiger charge is -2.32. The van der Waals surface area contributed by atoms with E-state index in [1.807, 2.05) is 12.4 Å². The van der Waals surface area contributed by atoms with Crippen LogP contribution < -0.4 is 15.6 Å². The first-order valence-electron chi connectivity index (χ1n) is 11.1. The zero-order valence-corrected chi connectivity index (χ0v) is 18.5. The van der Waals surface area contributed by atoms with Gasteiger partial charge >= 0.3 is 0 Å². The molecule has 2 fully saturated rings. The number of nitrogens with one attached hydrogen (secondary N) is 1. The molecule has 6 nitrogen and oxygen atoms in total. The van der Waals surface area contributed by atoms with Gasteiger partial charge in [0.2, 0.25) is 5.43 Å². The summed E-state index contributed by atoms with van der Waals surface area (Å²) < 4.78 is 6.28. The Kier molecular flexibility index (Phi) is 4.66. The lowest BCUT2D eigenvalue weighted by molar-refractivity contribution is 0.482. The van der Waals surface area contributed by atoms with Crippen molar-refractivity contribution >= 4 is 39.5 Å². The molecule has 1 N–H and O–H groups in total. The van der Waals surface area contributed by atoms with Crippen molar-refractivity contribution < 1.29 is 4.42 Å². The Morgan fingerprint density at radius 2 is 2.03 bits per heavy atom. The van der Waals surface area contributed by atoms with E-state index in [0.717, 1.165) is 55.0 Å². The first kappa shape index (κ1) is 19.7. The number of piperazine rings is 1. The summed E-state index contributed by atoms with van der Waals surface area (Å²) in [6.45, 7) is 5.00. The van der Waals surface area contributed by atoms with E-state index in [-0.39, 0.29) is 5.43 Å². The monoisotopic (exact) mass is 446 g/mol. The third-order valence-electron chi connectivity index (χ3n) is 6.44. The van der Waals surface area contributed by atoms with E-state index in [9.17, 15) is 4.79 Å². The largest absolute Gasteiger partial charge is 0.453 e. The van der Waals surface area contributed by atoms with Gasteiger partial charge in [0.15, 0.2) is 11.1 Å². The maximum atomic E-state index is 13.2. The number of anilines is 1. The predicted molar refractivity (Wildman–Crippen MR) is 128 cm³/mol. The summed E-state index contributed by atoms with van der Waals surface area (Å²) in [5, 5.41) is 4.22. The minimum absolute atomic E-state index is 0.199. The fourth-order valence-corrected chi connectivity index (χ4v) is 4.92. The third-order valence-corrected chi connectivity index (χ3v) is 6.75. The van der Waals surface area contributed by atoms with E-state index >= 15 is 0 Å². The van der Waals surface area contributed by atoms with Crippen molar-refractivity contribution in [3.05, 3.63) is 63.5 Å². The number of aromatic nitrogens is 2. The van der Waals surface area contributed by atoms with Gasteiger partial charge in [-0.1, -0.05) is 17.7 Å². The summed E-state index contributed by atoms with van der Waals surface area (Å²) in [5.41, 5.74) is 4.08. The lowest BCUT2D eigenvalue weighted by Crippen LogP contribution is -2.49. The number of rotatable bonds is 3. The number of halogens is 1. The highest BCUT2D eigenvalue weighted by Gasteiger charge is 2.30. The van der Waals surface area contributed by atoms with Gasteiger partial charge in [-0.15, -0.1) is 0 Å². The fourth-order valence-electron chi connectivity index (χ4n) is 4.67. The molecule has 1 atom stereocenters. The molecule has 4 heterocycles. The molecule has 162 valence electrons. The first-order valence-corrected chi connectivity index (χ1v) is 11.5. The minimum Gasteiger partial charge on any atom is -0.453 e. The van der Waals surface area contributed by atoms with Crippen LogP contribution in [0.3, 0.4) is 0 Å². The molecule has 6 rings (SSSR count). The van der Waals surface area contributed by atoms with Crippen molar-refractivity contribution in [3.63, 3.8) is 0 Å². The smallest absolute Gasteiger partial charge is 0.220 e. The van der Waals surface area contributed by atoms with Crippen LogP contribution in [0.4, 0.5) is 5.82 Å². The highest BCUT2D eigenvalue weighted by atomic mass is 35.5. The summed E-state index contributed by atoms with van der Waals surface area (Å²) in [6, 6.07) is 9.85. The second-order valence-corrected chi connectivity index (χ2v) is 9.20. The highest BCUT2D eigenvalue weighted by Crippen LogP contribution is 2.46. The maximum absolute atomic E-state index is 13.2. The zero-order valence-electron chi connectivity index (χ0n) is 17.8. The summed E-state index contributed by atoms with van der Waals surface area (Å²) in [7, 11) is 0. The Morgan fingerprint density at radius 3 is 2.78 bits per heavy atom. The van der Waals surface area contributed by atoms with Crippen LogP contribution in [0.2, 0.25) is 5.02 Å². The molecule has 1 aliphatic heterocycles. The second kappa shape index (κ2) is 7.57. The summed E-state index contributed by atoms with van der Waals surface area (Å²) >= 11 is 6.31. The molecule has 0 amide bonds. The summed E-state index contributed by atoms with van der Waals surface area (Å²) in [6.07, 6.45) is 5.97. The number of hydrogen-bond donors (Lipinski definition) is 1. The molecule has 7 heteroatoms. The van der Waals surface area contributed by atoms with Gasteiger partial charge < -0.3 is 14.6 Å². The Labute approximate surface area is 190 Å². The number of nitrogens with zero attached hydrogens (tertiary/aromatic N) is 3. The first-order chi connectivity index (χ1) is 15.6. The number of pyridine rings is 2. The number of fused-ring (bicyclic) bond motifs is 2. The molecule has 3 aromatic heterocycles. The van der Waals surface area contributed by atoms with E-state index in [1.165, 1.54) is 0 Å². The van der Waals surface area contributed by atoms with E-state index in [4.69, 9.17) is 21.0 Å². The number of hydrogen-bond acceptors (Lipinski definition) is 6. The standard InChI is InChI=1S/C25H23ClN4O2/c1-14-13-30(10-9-27-14)20-8-7-16(11-28-20)21-17(15-5-6-15)12-29-23-24(31)22-18(26)3-2-4-19(22)32-25(21)23/h2-4,7-8,11-12,14-15,27H,5-6,9-10,13H2,1H3/t14-/m0/s1. The topological polar surface area (TPSA) is 71.3 Å². The normalized spacial score (nSPS) is 19.1. The molecule has 1 saturated carbocycles. The van der Waals surface area contributed by atoms with Crippen molar-refractivity contribution in [2.24, 2.45) is 0 Å². The zero-order chi connectivity index (χ0) is 21.8. The molecule has 32 heavy (non-hydrogen) atoms. The van der Waals surface area contributed by atoms with Crippen LogP contribution in [0.5, 0.6) is 0 Å². The summed E-state index contributed by atoms with van der Waals surface area (Å²) in [5.74, 6) is 1.41. The van der Waals surface area contributed by atoms with Crippen molar-refractivity contribution in [1.29, 1.82) is 0 Å². The Morgan fingerprint density at radius 1 is 1.16 bits per heavy atom. The van der Waals surface area contributed by atoms with Gasteiger partial charge in [-0.05, 0) is 55.5 Å². The molecule has 1 aliphatic carbocycles. The van der Waals surface area contributed by atoms with Gasteiger partial charge in [-0.3, -0.25) is 4.79 Å². The van der Waals surface area contributed by atoms with Crippen molar-refractivity contribution in [2.75, 3.05) is 24.5 Å². The van der Waals surface area contributed by atoms with E-state index in [1.54, 1.807) is 18.2 Å². The van der Waals surface area contributed by atoms with Crippen molar-refractivity contribution in [1.82, 2.24) is 15.3 Å². The van der Waals surface area contributed by atoms with Crippen molar-refractivity contribution in [3.8, 4) is 11.1 Å². The van der Waals surface area contributed by atoms with E-state index < -0.39 is 0 Å². The maximum Gasteiger partial charge on any atom is 0.220 e. The molecular weight excluding hydrogens is 424 g/mol. The molecule has 1 saturated heterocycles. The Bertz CT molecular complexity index is 1400. The molecule has 1 aromatic carbocycles. The van der Waals surface area contributed by atoms with Crippen LogP contribution >= 0.6 is 11.6 Å². The van der Waals surface area contributed by atoms with Gasteiger partial charge in [0, 0.05) is 49.2 Å². The van der Waals surface area contributed by atoms with Crippen LogP contribution in [-0.2, 0) is 0 Å². The SMILES string of the molecule is C[C@H]1CN(c2ccc(-c3c(C4CC4)cnc4c(=O)c5c(Cl)cccc5oc34)cn2)CCN1. The van der Waals surface area contributed by atoms with Crippen LogP contribution in [-0.4, -0.2) is 35.6 Å². The highest BCUT2D eigenvalue weighted by molar-refractivity contribution is 6.35. The van der Waals surface area contributed by atoms with E-state index in [2.05, 4.69) is 34.3 Å². The van der Waals surface area contributed by atoms with Crippen molar-refractivity contribution in [2.45, 2.75) is 31.7 Å². The average Bonchev–Trinajstić information content (AvgIpc) is 3.64. The lowest BCUT2D eigenvalue weighted by atomic mass is 9.98. The van der Waals surface area contributed by atoms with Crippen LogP contribution in [0.1, 0.15) is 31.2 Å². The van der Waals surface area contributed by atoms with Gasteiger partial charge in [-0.25, -0.2) is 9.97 Å². The quantitative estimate of drug-likeness (QED) is 0.458. The minimum atomic E-state index is -0.199.